The zero-order valence-corrected chi connectivity index (χ0v) is 15.3. The summed E-state index contributed by atoms with van der Waals surface area (Å²) in [7, 11) is 1.56. The molecule has 6 nitrogen and oxygen atoms in total. The highest BCUT2D eigenvalue weighted by molar-refractivity contribution is 6.26. The van der Waals surface area contributed by atoms with Crippen molar-refractivity contribution in [3.05, 3.63) is 77.4 Å². The number of para-hydroxylation sites is 1. The number of ether oxygens (including phenoxy) is 1. The van der Waals surface area contributed by atoms with E-state index < -0.39 is 17.7 Å². The average molecular weight is 374 g/mol. The Morgan fingerprint density at radius 2 is 1.57 bits per heavy atom. The quantitative estimate of drug-likeness (QED) is 0.697. The molecule has 3 aromatic rings. The summed E-state index contributed by atoms with van der Waals surface area (Å²) < 4.78 is 5.26. The highest BCUT2D eigenvalue weighted by atomic mass is 16.5. The summed E-state index contributed by atoms with van der Waals surface area (Å²) in [5.41, 5.74) is 1.68. The number of benzene rings is 3. The van der Waals surface area contributed by atoms with Crippen LogP contribution in [0.3, 0.4) is 0 Å². The third-order valence-corrected chi connectivity index (χ3v) is 4.83. The summed E-state index contributed by atoms with van der Waals surface area (Å²) >= 11 is 0. The predicted octanol–water partition coefficient (Wildman–Crippen LogP) is 2.76. The zero-order valence-electron chi connectivity index (χ0n) is 15.3. The molecule has 0 atom stereocenters. The van der Waals surface area contributed by atoms with Gasteiger partial charge in [-0.2, -0.15) is 0 Å². The van der Waals surface area contributed by atoms with E-state index in [1.807, 2.05) is 30.3 Å². The van der Waals surface area contributed by atoms with Gasteiger partial charge in [0.05, 0.1) is 7.11 Å². The van der Waals surface area contributed by atoms with Crippen LogP contribution in [0.5, 0.6) is 5.75 Å². The summed E-state index contributed by atoms with van der Waals surface area (Å²) in [6.07, 6.45) is 0. The molecule has 1 aliphatic heterocycles. The van der Waals surface area contributed by atoms with E-state index in [4.69, 9.17) is 4.74 Å². The second-order valence-corrected chi connectivity index (χ2v) is 6.49. The number of nitrogens with zero attached hydrogens (tertiary/aromatic N) is 1. The molecule has 3 amide bonds. The number of hydrogen-bond acceptors (Lipinski definition) is 4. The van der Waals surface area contributed by atoms with Crippen molar-refractivity contribution in [2.75, 3.05) is 13.7 Å². The van der Waals surface area contributed by atoms with Gasteiger partial charge in [-0.25, -0.2) is 0 Å². The van der Waals surface area contributed by atoms with Gasteiger partial charge < -0.3 is 10.1 Å². The minimum absolute atomic E-state index is 0.241. The monoisotopic (exact) mass is 374 g/mol. The van der Waals surface area contributed by atoms with Crippen molar-refractivity contribution in [2.45, 2.75) is 6.54 Å². The number of rotatable bonds is 5. The number of imide groups is 1. The molecule has 4 rings (SSSR count). The fourth-order valence-corrected chi connectivity index (χ4v) is 3.47. The first-order valence-corrected chi connectivity index (χ1v) is 8.86. The van der Waals surface area contributed by atoms with Gasteiger partial charge in [0.25, 0.3) is 11.8 Å². The van der Waals surface area contributed by atoms with Gasteiger partial charge in [-0.05, 0) is 23.6 Å². The largest absolute Gasteiger partial charge is 0.496 e. The van der Waals surface area contributed by atoms with E-state index in [1.165, 1.54) is 0 Å². The van der Waals surface area contributed by atoms with Gasteiger partial charge in [-0.3, -0.25) is 19.3 Å². The lowest BCUT2D eigenvalue weighted by Crippen LogP contribution is -2.46. The topological polar surface area (TPSA) is 75.7 Å². The van der Waals surface area contributed by atoms with Crippen LogP contribution < -0.4 is 10.1 Å². The molecular formula is C22H18N2O4. The number of amides is 3. The summed E-state index contributed by atoms with van der Waals surface area (Å²) in [6, 6.07) is 18.0. The summed E-state index contributed by atoms with van der Waals surface area (Å²) in [5.74, 6) is -0.670. The molecule has 28 heavy (non-hydrogen) atoms. The van der Waals surface area contributed by atoms with Crippen LogP contribution >= 0.6 is 0 Å². The van der Waals surface area contributed by atoms with Crippen LogP contribution in [0.2, 0.25) is 0 Å². The molecule has 0 unspecified atom stereocenters. The van der Waals surface area contributed by atoms with Crippen molar-refractivity contribution in [2.24, 2.45) is 0 Å². The van der Waals surface area contributed by atoms with Crippen molar-refractivity contribution in [3.8, 4) is 5.75 Å². The zero-order chi connectivity index (χ0) is 19.7. The molecule has 0 fully saturated rings. The van der Waals surface area contributed by atoms with E-state index in [9.17, 15) is 14.4 Å². The number of hydrogen-bond donors (Lipinski definition) is 1. The van der Waals surface area contributed by atoms with Crippen molar-refractivity contribution >= 4 is 28.5 Å². The Labute approximate surface area is 161 Å². The van der Waals surface area contributed by atoms with Crippen LogP contribution in [0.15, 0.2) is 60.7 Å². The molecule has 6 heteroatoms. The van der Waals surface area contributed by atoms with Crippen LogP contribution in [0.1, 0.15) is 26.3 Å². The summed E-state index contributed by atoms with van der Waals surface area (Å²) in [4.78, 5) is 39.1. The number of methoxy groups -OCH3 is 1. The maximum Gasteiger partial charge on any atom is 0.261 e. The van der Waals surface area contributed by atoms with Crippen molar-refractivity contribution in [1.29, 1.82) is 0 Å². The minimum Gasteiger partial charge on any atom is -0.496 e. The molecule has 3 aromatic carbocycles. The Balaban J connectivity index is 1.53. The Bertz CT molecular complexity index is 1060. The third-order valence-electron chi connectivity index (χ3n) is 4.83. The molecule has 0 spiro atoms. The molecule has 0 saturated carbocycles. The van der Waals surface area contributed by atoms with Crippen LogP contribution in [-0.4, -0.2) is 36.3 Å². The standard InChI is InChI=1S/C22H18N2O4/c1-28-18-11-3-2-6-15(18)12-23-19(25)13-24-21(26)16-9-4-7-14-8-5-10-17(20(14)16)22(24)27/h2-11H,12-13H2,1H3,(H,23,25). The van der Waals surface area contributed by atoms with Crippen molar-refractivity contribution in [3.63, 3.8) is 0 Å². The number of nitrogens with one attached hydrogen (secondary N) is 1. The van der Waals surface area contributed by atoms with E-state index in [-0.39, 0.29) is 13.1 Å². The molecule has 0 radical (unpaired) electrons. The lowest BCUT2D eigenvalue weighted by atomic mass is 9.94. The molecular weight excluding hydrogens is 356 g/mol. The Morgan fingerprint density at radius 3 is 2.21 bits per heavy atom. The van der Waals surface area contributed by atoms with Gasteiger partial charge in [-0.15, -0.1) is 0 Å². The minimum atomic E-state index is -0.457. The first kappa shape index (κ1) is 17.7. The second-order valence-electron chi connectivity index (χ2n) is 6.49. The molecule has 1 aliphatic rings. The van der Waals surface area contributed by atoms with Crippen LogP contribution in [0.4, 0.5) is 0 Å². The highest BCUT2D eigenvalue weighted by Gasteiger charge is 2.33. The Hall–Kier alpha value is -3.67. The van der Waals surface area contributed by atoms with Gasteiger partial charge >= 0.3 is 0 Å². The van der Waals surface area contributed by atoms with Gasteiger partial charge in [0, 0.05) is 28.6 Å². The molecule has 140 valence electrons. The van der Waals surface area contributed by atoms with Gasteiger partial charge in [0.15, 0.2) is 0 Å². The van der Waals surface area contributed by atoms with Crippen LogP contribution in [0, 0.1) is 0 Å². The second kappa shape index (κ2) is 7.15. The molecule has 0 bridgehead atoms. The van der Waals surface area contributed by atoms with Crippen molar-refractivity contribution < 1.29 is 19.1 Å². The van der Waals surface area contributed by atoms with E-state index in [0.717, 1.165) is 15.8 Å². The smallest absolute Gasteiger partial charge is 0.261 e. The summed E-state index contributed by atoms with van der Waals surface area (Å²) in [6.45, 7) is -0.0945. The number of carbonyl (C=O) groups is 3. The first-order valence-electron chi connectivity index (χ1n) is 8.86. The van der Waals surface area contributed by atoms with E-state index >= 15 is 0 Å². The van der Waals surface area contributed by atoms with E-state index in [2.05, 4.69) is 5.32 Å². The fourth-order valence-electron chi connectivity index (χ4n) is 3.47. The Kier molecular flexibility index (Phi) is 4.53. The Morgan fingerprint density at radius 1 is 0.929 bits per heavy atom. The molecule has 0 aliphatic carbocycles. The van der Waals surface area contributed by atoms with E-state index in [1.54, 1.807) is 37.4 Å². The van der Waals surface area contributed by atoms with E-state index in [0.29, 0.717) is 22.3 Å². The van der Waals surface area contributed by atoms with Gasteiger partial charge in [0.2, 0.25) is 5.91 Å². The molecule has 0 aromatic heterocycles. The molecule has 1 N–H and O–H groups in total. The third kappa shape index (κ3) is 2.99. The SMILES string of the molecule is COc1ccccc1CNC(=O)CN1C(=O)c2cccc3cccc(c23)C1=O. The molecule has 1 heterocycles. The van der Waals surface area contributed by atoms with Gasteiger partial charge in [-0.1, -0.05) is 42.5 Å². The maximum absolute atomic E-state index is 12.8. The number of carbonyl (C=O) groups excluding carboxylic acids is 3. The fraction of sp³-hybridized carbons (Fsp3) is 0.136. The normalized spacial score (nSPS) is 13.0. The first-order chi connectivity index (χ1) is 13.6. The van der Waals surface area contributed by atoms with Crippen LogP contribution in [0.25, 0.3) is 10.8 Å². The lowest BCUT2D eigenvalue weighted by Gasteiger charge is -2.26. The van der Waals surface area contributed by atoms with Crippen LogP contribution in [-0.2, 0) is 11.3 Å². The van der Waals surface area contributed by atoms with Crippen molar-refractivity contribution in [1.82, 2.24) is 10.2 Å². The molecule has 0 saturated heterocycles. The summed E-state index contributed by atoms with van der Waals surface area (Å²) in [5, 5.41) is 4.22. The maximum atomic E-state index is 12.8. The highest BCUT2D eigenvalue weighted by Crippen LogP contribution is 2.29. The lowest BCUT2D eigenvalue weighted by molar-refractivity contribution is -0.121. The predicted molar refractivity (Wildman–Crippen MR) is 104 cm³/mol. The average Bonchev–Trinajstić information content (AvgIpc) is 2.73. The van der Waals surface area contributed by atoms with Gasteiger partial charge in [0.1, 0.15) is 12.3 Å².